The Labute approximate surface area is 105 Å². The zero-order chi connectivity index (χ0) is 12.2. The Morgan fingerprint density at radius 3 is 3.11 bits per heavy atom. The first-order chi connectivity index (χ1) is 8.93. The third kappa shape index (κ3) is 2.26. The van der Waals surface area contributed by atoms with E-state index in [0.717, 1.165) is 25.3 Å². The molecule has 3 N–H and O–H groups in total. The first-order valence-corrected chi connectivity index (χ1v) is 6.03. The van der Waals surface area contributed by atoms with E-state index in [4.69, 9.17) is 0 Å². The molecule has 0 aliphatic rings. The fourth-order valence-corrected chi connectivity index (χ4v) is 2.08. The highest BCUT2D eigenvalue weighted by Crippen LogP contribution is 2.16. The van der Waals surface area contributed by atoms with Crippen LogP contribution in [0.5, 0.6) is 0 Å². The second-order valence-corrected chi connectivity index (χ2v) is 4.22. The molecular weight excluding hydrogens is 226 g/mol. The van der Waals surface area contributed by atoms with Crippen molar-refractivity contribution in [1.82, 2.24) is 25.5 Å². The van der Waals surface area contributed by atoms with Gasteiger partial charge in [0.05, 0.1) is 0 Å². The molecule has 0 bridgehead atoms. The van der Waals surface area contributed by atoms with Crippen LogP contribution in [0.2, 0.25) is 0 Å². The fraction of sp³-hybridized carbons (Fsp3) is 0.231. The largest absolute Gasteiger partial charge is 0.361 e. The standard InChI is InChI=1S/C13H15N5/c1-2-10-4-7-15-13(10)11(3-1)8-14-6-5-12-16-9-17-18-12/h1-4,7,9,14-15H,5-6,8H2,(H,16,17,18). The van der Waals surface area contributed by atoms with Gasteiger partial charge in [0, 0.05) is 31.2 Å². The van der Waals surface area contributed by atoms with E-state index >= 15 is 0 Å². The van der Waals surface area contributed by atoms with Gasteiger partial charge in [-0.05, 0) is 17.0 Å². The highest BCUT2D eigenvalue weighted by molar-refractivity contribution is 5.82. The van der Waals surface area contributed by atoms with Gasteiger partial charge in [-0.25, -0.2) is 4.98 Å². The molecular formula is C13H15N5. The van der Waals surface area contributed by atoms with E-state index in [1.807, 2.05) is 6.20 Å². The molecule has 5 heteroatoms. The van der Waals surface area contributed by atoms with Gasteiger partial charge in [0.2, 0.25) is 0 Å². The predicted molar refractivity (Wildman–Crippen MR) is 70.1 cm³/mol. The maximum absolute atomic E-state index is 4.09. The average molecular weight is 241 g/mol. The zero-order valence-electron chi connectivity index (χ0n) is 9.98. The van der Waals surface area contributed by atoms with Crippen molar-refractivity contribution >= 4 is 10.9 Å². The molecule has 5 nitrogen and oxygen atoms in total. The van der Waals surface area contributed by atoms with E-state index in [1.165, 1.54) is 22.8 Å². The van der Waals surface area contributed by atoms with E-state index < -0.39 is 0 Å². The number of nitrogens with zero attached hydrogens (tertiary/aromatic N) is 2. The minimum Gasteiger partial charge on any atom is -0.361 e. The Morgan fingerprint density at radius 1 is 1.22 bits per heavy atom. The minimum atomic E-state index is 0.853. The quantitative estimate of drug-likeness (QED) is 0.594. The van der Waals surface area contributed by atoms with E-state index in [9.17, 15) is 0 Å². The molecule has 3 aromatic rings. The molecule has 18 heavy (non-hydrogen) atoms. The predicted octanol–water partition coefficient (Wildman–Crippen LogP) is 1.62. The van der Waals surface area contributed by atoms with E-state index in [-0.39, 0.29) is 0 Å². The Morgan fingerprint density at radius 2 is 2.22 bits per heavy atom. The molecule has 0 atom stereocenters. The van der Waals surface area contributed by atoms with Crippen LogP contribution in [0, 0.1) is 0 Å². The maximum Gasteiger partial charge on any atom is 0.137 e. The maximum atomic E-state index is 4.09. The van der Waals surface area contributed by atoms with Crippen molar-refractivity contribution in [3.8, 4) is 0 Å². The van der Waals surface area contributed by atoms with Gasteiger partial charge in [0.15, 0.2) is 0 Å². The monoisotopic (exact) mass is 241 g/mol. The van der Waals surface area contributed by atoms with Gasteiger partial charge in [-0.1, -0.05) is 18.2 Å². The molecule has 0 saturated heterocycles. The summed E-state index contributed by atoms with van der Waals surface area (Å²) in [6.07, 6.45) is 4.37. The number of nitrogens with one attached hydrogen (secondary N) is 3. The third-order valence-corrected chi connectivity index (χ3v) is 2.99. The molecule has 0 aliphatic carbocycles. The van der Waals surface area contributed by atoms with Gasteiger partial charge in [0.1, 0.15) is 12.2 Å². The minimum absolute atomic E-state index is 0.853. The topological polar surface area (TPSA) is 69.4 Å². The molecule has 0 amide bonds. The Kier molecular flexibility index (Phi) is 3.06. The van der Waals surface area contributed by atoms with Crippen LogP contribution < -0.4 is 5.32 Å². The summed E-state index contributed by atoms with van der Waals surface area (Å²) in [7, 11) is 0. The molecule has 0 aliphatic heterocycles. The highest BCUT2D eigenvalue weighted by Gasteiger charge is 2.01. The molecule has 0 saturated carbocycles. The molecule has 1 aromatic carbocycles. The van der Waals surface area contributed by atoms with Crippen LogP contribution in [0.4, 0.5) is 0 Å². The molecule has 3 rings (SSSR count). The number of aromatic amines is 2. The van der Waals surface area contributed by atoms with Gasteiger partial charge in [-0.3, -0.25) is 5.10 Å². The number of fused-ring (bicyclic) bond motifs is 1. The lowest BCUT2D eigenvalue weighted by Gasteiger charge is -2.05. The SMILES string of the molecule is c1cc(CNCCc2ncn[nH]2)c2[nH]ccc2c1. The second-order valence-electron chi connectivity index (χ2n) is 4.22. The molecule has 0 radical (unpaired) electrons. The summed E-state index contributed by atoms with van der Waals surface area (Å²) in [6.45, 7) is 1.73. The van der Waals surface area contributed by atoms with Crippen molar-refractivity contribution in [2.75, 3.05) is 6.54 Å². The number of hydrogen-bond donors (Lipinski definition) is 3. The summed E-state index contributed by atoms with van der Waals surface area (Å²) in [5.41, 5.74) is 2.50. The van der Waals surface area contributed by atoms with Gasteiger partial charge in [-0.2, -0.15) is 5.10 Å². The van der Waals surface area contributed by atoms with E-state index in [1.54, 1.807) is 0 Å². The number of benzene rings is 1. The van der Waals surface area contributed by atoms with Crippen molar-refractivity contribution in [2.45, 2.75) is 13.0 Å². The molecule has 0 spiro atoms. The normalized spacial score (nSPS) is 11.1. The molecule has 0 fully saturated rings. The van der Waals surface area contributed by atoms with Gasteiger partial charge in [0.25, 0.3) is 0 Å². The van der Waals surface area contributed by atoms with Crippen molar-refractivity contribution in [2.24, 2.45) is 0 Å². The van der Waals surface area contributed by atoms with Crippen molar-refractivity contribution in [3.05, 3.63) is 48.2 Å². The lowest BCUT2D eigenvalue weighted by atomic mass is 10.1. The van der Waals surface area contributed by atoms with Gasteiger partial charge >= 0.3 is 0 Å². The zero-order valence-corrected chi connectivity index (χ0v) is 9.98. The molecule has 2 heterocycles. The first-order valence-electron chi connectivity index (χ1n) is 6.03. The Bertz CT molecular complexity index is 611. The average Bonchev–Trinajstić information content (AvgIpc) is 3.05. The van der Waals surface area contributed by atoms with Crippen LogP contribution in [0.1, 0.15) is 11.4 Å². The second kappa shape index (κ2) is 5.01. The van der Waals surface area contributed by atoms with Crippen LogP contribution in [0.15, 0.2) is 36.8 Å². The van der Waals surface area contributed by atoms with Crippen LogP contribution in [-0.2, 0) is 13.0 Å². The Hall–Kier alpha value is -2.14. The summed E-state index contributed by atoms with van der Waals surface area (Å²) < 4.78 is 0. The van der Waals surface area contributed by atoms with Crippen LogP contribution >= 0.6 is 0 Å². The van der Waals surface area contributed by atoms with Crippen molar-refractivity contribution < 1.29 is 0 Å². The fourth-order valence-electron chi connectivity index (χ4n) is 2.08. The summed E-state index contributed by atoms with van der Waals surface area (Å²) in [4.78, 5) is 7.36. The smallest absolute Gasteiger partial charge is 0.137 e. The summed E-state index contributed by atoms with van der Waals surface area (Å²) in [5, 5.41) is 11.3. The third-order valence-electron chi connectivity index (χ3n) is 2.99. The van der Waals surface area contributed by atoms with E-state index in [2.05, 4.69) is 49.7 Å². The van der Waals surface area contributed by atoms with Gasteiger partial charge in [-0.15, -0.1) is 0 Å². The number of rotatable bonds is 5. The molecule has 92 valence electrons. The summed E-state index contributed by atoms with van der Waals surface area (Å²) in [5.74, 6) is 0.917. The highest BCUT2D eigenvalue weighted by atomic mass is 15.2. The molecule has 0 unspecified atom stereocenters. The summed E-state index contributed by atoms with van der Waals surface area (Å²) in [6, 6.07) is 8.43. The van der Waals surface area contributed by atoms with Crippen LogP contribution in [-0.4, -0.2) is 26.7 Å². The molecule has 2 aromatic heterocycles. The number of hydrogen-bond acceptors (Lipinski definition) is 3. The number of H-pyrrole nitrogens is 2. The Balaban J connectivity index is 1.58. The van der Waals surface area contributed by atoms with Crippen LogP contribution in [0.3, 0.4) is 0 Å². The summed E-state index contributed by atoms with van der Waals surface area (Å²) >= 11 is 0. The van der Waals surface area contributed by atoms with Crippen molar-refractivity contribution in [1.29, 1.82) is 0 Å². The van der Waals surface area contributed by atoms with Crippen molar-refractivity contribution in [3.63, 3.8) is 0 Å². The number of para-hydroxylation sites is 1. The first kappa shape index (κ1) is 11.0. The van der Waals surface area contributed by atoms with E-state index in [0.29, 0.717) is 0 Å². The van der Waals surface area contributed by atoms with Crippen LogP contribution in [0.25, 0.3) is 10.9 Å². The lowest BCUT2D eigenvalue weighted by Crippen LogP contribution is -2.17. The lowest BCUT2D eigenvalue weighted by molar-refractivity contribution is 0.673. The number of aromatic nitrogens is 4. The van der Waals surface area contributed by atoms with Gasteiger partial charge < -0.3 is 10.3 Å².